The number of rotatable bonds is 7. The van der Waals surface area contributed by atoms with Crippen LogP contribution in [0.25, 0.3) is 10.9 Å². The first-order chi connectivity index (χ1) is 11.7. The summed E-state index contributed by atoms with van der Waals surface area (Å²) in [6.45, 7) is 5.48. The van der Waals surface area contributed by atoms with Crippen LogP contribution >= 0.6 is 0 Å². The molecule has 0 amide bonds. The van der Waals surface area contributed by atoms with Gasteiger partial charge in [0.25, 0.3) is 0 Å². The molecule has 5 heteroatoms. The number of fused-ring (bicyclic) bond motifs is 1. The summed E-state index contributed by atoms with van der Waals surface area (Å²) in [7, 11) is 1.72. The van der Waals surface area contributed by atoms with Crippen LogP contribution in [-0.2, 0) is 15.9 Å². The topological polar surface area (TPSA) is 54.8 Å². The molecule has 2 aromatic rings. The average molecular weight is 330 g/mol. The van der Waals surface area contributed by atoms with E-state index in [0.717, 1.165) is 62.2 Å². The molecule has 0 bridgehead atoms. The van der Waals surface area contributed by atoms with Gasteiger partial charge in [-0.2, -0.15) is 0 Å². The van der Waals surface area contributed by atoms with E-state index < -0.39 is 0 Å². The number of methoxy groups -OCH3 is 1. The number of aromatic hydroxyl groups is 1. The van der Waals surface area contributed by atoms with E-state index in [1.807, 2.05) is 6.07 Å². The van der Waals surface area contributed by atoms with Crippen LogP contribution in [0, 0.1) is 0 Å². The SMILES string of the molecule is CCc1cc(N2CCC(OCCCOC)C2)c2ccc(O)cc2n1. The van der Waals surface area contributed by atoms with Crippen LogP contribution in [0.15, 0.2) is 24.3 Å². The van der Waals surface area contributed by atoms with Crippen LogP contribution in [0.5, 0.6) is 5.75 Å². The molecule has 1 N–H and O–H groups in total. The van der Waals surface area contributed by atoms with Crippen LogP contribution in [-0.4, -0.2) is 49.6 Å². The highest BCUT2D eigenvalue weighted by atomic mass is 16.5. The van der Waals surface area contributed by atoms with Gasteiger partial charge >= 0.3 is 0 Å². The molecule has 0 saturated carbocycles. The van der Waals surface area contributed by atoms with E-state index in [-0.39, 0.29) is 11.9 Å². The first-order valence-corrected chi connectivity index (χ1v) is 8.69. The summed E-state index contributed by atoms with van der Waals surface area (Å²) in [5.74, 6) is 0.259. The number of ether oxygens (including phenoxy) is 2. The molecule has 1 atom stereocenters. The number of aromatic nitrogens is 1. The molecule has 1 aromatic heterocycles. The average Bonchev–Trinajstić information content (AvgIpc) is 3.06. The van der Waals surface area contributed by atoms with E-state index in [2.05, 4.69) is 22.9 Å². The van der Waals surface area contributed by atoms with Gasteiger partial charge in [-0.15, -0.1) is 0 Å². The normalized spacial score (nSPS) is 17.8. The summed E-state index contributed by atoms with van der Waals surface area (Å²) >= 11 is 0. The molecule has 1 saturated heterocycles. The lowest BCUT2D eigenvalue weighted by Crippen LogP contribution is -2.23. The van der Waals surface area contributed by atoms with E-state index in [1.54, 1.807) is 19.2 Å². The van der Waals surface area contributed by atoms with Gasteiger partial charge in [-0.05, 0) is 37.5 Å². The fourth-order valence-electron chi connectivity index (χ4n) is 3.23. The molecule has 0 spiro atoms. The summed E-state index contributed by atoms with van der Waals surface area (Å²) in [5, 5.41) is 10.8. The van der Waals surface area contributed by atoms with Crippen LogP contribution < -0.4 is 4.90 Å². The number of phenols is 1. The second-order valence-corrected chi connectivity index (χ2v) is 6.26. The van der Waals surface area contributed by atoms with Crippen LogP contribution in [0.1, 0.15) is 25.5 Å². The van der Waals surface area contributed by atoms with Gasteiger partial charge in [0, 0.05) is 56.2 Å². The Bertz CT molecular complexity index is 690. The van der Waals surface area contributed by atoms with Crippen LogP contribution in [0.3, 0.4) is 0 Å². The Morgan fingerprint density at radius 1 is 1.29 bits per heavy atom. The fraction of sp³-hybridized carbons (Fsp3) is 0.526. The van der Waals surface area contributed by atoms with Gasteiger partial charge in [-0.1, -0.05) is 6.92 Å². The van der Waals surface area contributed by atoms with E-state index in [9.17, 15) is 5.11 Å². The molecule has 2 heterocycles. The lowest BCUT2D eigenvalue weighted by Gasteiger charge is -2.21. The van der Waals surface area contributed by atoms with Crippen molar-refractivity contribution in [1.29, 1.82) is 0 Å². The predicted octanol–water partition coefficient (Wildman–Crippen LogP) is 3.13. The molecule has 5 nitrogen and oxygen atoms in total. The molecule has 3 rings (SSSR count). The summed E-state index contributed by atoms with van der Waals surface area (Å²) in [5.41, 5.74) is 3.10. The van der Waals surface area contributed by atoms with Gasteiger partial charge in [0.1, 0.15) is 5.75 Å². The van der Waals surface area contributed by atoms with Crippen LogP contribution in [0.4, 0.5) is 5.69 Å². The van der Waals surface area contributed by atoms with E-state index in [0.29, 0.717) is 0 Å². The number of aryl methyl sites for hydroxylation is 1. The monoisotopic (exact) mass is 330 g/mol. The van der Waals surface area contributed by atoms with Gasteiger partial charge in [0.05, 0.1) is 11.6 Å². The number of hydrogen-bond acceptors (Lipinski definition) is 5. The van der Waals surface area contributed by atoms with Gasteiger partial charge in [0.15, 0.2) is 0 Å². The number of phenolic OH excluding ortho intramolecular Hbond substituents is 1. The summed E-state index contributed by atoms with van der Waals surface area (Å²) in [6, 6.07) is 7.60. The van der Waals surface area contributed by atoms with Gasteiger partial charge in [-0.25, -0.2) is 0 Å². The van der Waals surface area contributed by atoms with Crippen molar-refractivity contribution in [3.8, 4) is 5.75 Å². The number of pyridine rings is 1. The van der Waals surface area contributed by atoms with Gasteiger partial charge in [0.2, 0.25) is 0 Å². The third-order valence-electron chi connectivity index (χ3n) is 4.52. The molecule has 0 aliphatic carbocycles. The third kappa shape index (κ3) is 3.79. The van der Waals surface area contributed by atoms with E-state index >= 15 is 0 Å². The summed E-state index contributed by atoms with van der Waals surface area (Å²) in [4.78, 5) is 7.02. The smallest absolute Gasteiger partial charge is 0.117 e. The minimum atomic E-state index is 0.259. The quantitative estimate of drug-likeness (QED) is 0.791. The maximum Gasteiger partial charge on any atom is 0.117 e. The molecule has 130 valence electrons. The first kappa shape index (κ1) is 17.0. The molecule has 1 fully saturated rings. The molecule has 1 aliphatic rings. The van der Waals surface area contributed by atoms with E-state index in [4.69, 9.17) is 9.47 Å². The Labute approximate surface area is 143 Å². The highest BCUT2D eigenvalue weighted by Crippen LogP contribution is 2.32. The fourth-order valence-corrected chi connectivity index (χ4v) is 3.23. The van der Waals surface area contributed by atoms with Crippen molar-refractivity contribution in [2.75, 3.05) is 38.3 Å². The summed E-state index contributed by atoms with van der Waals surface area (Å²) < 4.78 is 11.0. The lowest BCUT2D eigenvalue weighted by molar-refractivity contribution is 0.0523. The number of anilines is 1. The largest absolute Gasteiger partial charge is 0.508 e. The van der Waals surface area contributed by atoms with Gasteiger partial charge in [-0.3, -0.25) is 4.98 Å². The van der Waals surface area contributed by atoms with Crippen molar-refractivity contribution in [2.24, 2.45) is 0 Å². The van der Waals surface area contributed by atoms with Crippen LogP contribution in [0.2, 0.25) is 0 Å². The predicted molar refractivity (Wildman–Crippen MR) is 95.8 cm³/mol. The molecule has 1 aliphatic heterocycles. The maximum atomic E-state index is 9.75. The zero-order valence-electron chi connectivity index (χ0n) is 14.5. The zero-order valence-corrected chi connectivity index (χ0v) is 14.5. The van der Waals surface area contributed by atoms with Crippen molar-refractivity contribution in [3.63, 3.8) is 0 Å². The first-order valence-electron chi connectivity index (χ1n) is 8.69. The lowest BCUT2D eigenvalue weighted by atomic mass is 10.1. The molecule has 24 heavy (non-hydrogen) atoms. The molecule has 1 aromatic carbocycles. The third-order valence-corrected chi connectivity index (χ3v) is 4.52. The zero-order chi connectivity index (χ0) is 16.9. The highest BCUT2D eigenvalue weighted by molar-refractivity contribution is 5.93. The van der Waals surface area contributed by atoms with Crippen molar-refractivity contribution in [2.45, 2.75) is 32.3 Å². The molecule has 0 radical (unpaired) electrons. The van der Waals surface area contributed by atoms with Crippen molar-refractivity contribution < 1.29 is 14.6 Å². The molecule has 1 unspecified atom stereocenters. The maximum absolute atomic E-state index is 9.75. The van der Waals surface area contributed by atoms with Crippen molar-refractivity contribution in [3.05, 3.63) is 30.0 Å². The minimum absolute atomic E-state index is 0.259. The Morgan fingerprint density at radius 3 is 2.96 bits per heavy atom. The van der Waals surface area contributed by atoms with E-state index in [1.165, 1.54) is 5.69 Å². The van der Waals surface area contributed by atoms with Crippen molar-refractivity contribution >= 4 is 16.6 Å². The Hall–Kier alpha value is -1.85. The number of hydrogen-bond donors (Lipinski definition) is 1. The number of benzene rings is 1. The summed E-state index contributed by atoms with van der Waals surface area (Å²) in [6.07, 6.45) is 3.12. The second-order valence-electron chi connectivity index (χ2n) is 6.26. The highest BCUT2D eigenvalue weighted by Gasteiger charge is 2.25. The van der Waals surface area contributed by atoms with Crippen molar-refractivity contribution in [1.82, 2.24) is 4.98 Å². The minimum Gasteiger partial charge on any atom is -0.508 e. The Kier molecular flexibility index (Phi) is 5.53. The standard InChI is InChI=1S/C19H26N2O3/c1-3-14-11-19(17-6-5-15(22)12-18(17)20-14)21-8-7-16(13-21)24-10-4-9-23-2/h5-6,11-12,16,22H,3-4,7-10,13H2,1-2H3. The molecular formula is C19H26N2O3. The second kappa shape index (κ2) is 7.81. The van der Waals surface area contributed by atoms with Gasteiger partial charge < -0.3 is 19.5 Å². The molecular weight excluding hydrogens is 304 g/mol. The number of nitrogens with zero attached hydrogens (tertiary/aromatic N) is 2. The Balaban J connectivity index is 1.77. The Morgan fingerprint density at radius 2 is 2.17 bits per heavy atom.